The first kappa shape index (κ1) is 11.1. The van der Waals surface area contributed by atoms with E-state index in [0.717, 1.165) is 31.2 Å². The van der Waals surface area contributed by atoms with Gasteiger partial charge in [0.15, 0.2) is 0 Å². The largest absolute Gasteiger partial charge is 0.299 e. The summed E-state index contributed by atoms with van der Waals surface area (Å²) >= 11 is 0. The summed E-state index contributed by atoms with van der Waals surface area (Å²) in [7, 11) is 0. The van der Waals surface area contributed by atoms with Crippen molar-refractivity contribution in [2.45, 2.75) is 32.1 Å². The fraction of sp³-hybridized carbons (Fsp3) is 0.400. The maximum absolute atomic E-state index is 11.7. The normalized spacial score (nSPS) is 20.8. The highest BCUT2D eigenvalue weighted by atomic mass is 16.1. The third-order valence-corrected chi connectivity index (χ3v) is 3.38. The number of hydrogen-bond acceptors (Lipinski definition) is 1. The van der Waals surface area contributed by atoms with Crippen LogP contribution in [0.1, 0.15) is 36.8 Å². The lowest BCUT2D eigenvalue weighted by Gasteiger charge is -2.20. The summed E-state index contributed by atoms with van der Waals surface area (Å²) in [6.07, 6.45) is 6.91. The van der Waals surface area contributed by atoms with Gasteiger partial charge in [-0.15, -0.1) is 0 Å². The van der Waals surface area contributed by atoms with Crippen molar-refractivity contribution < 1.29 is 4.79 Å². The Labute approximate surface area is 97.2 Å². The van der Waals surface area contributed by atoms with E-state index >= 15 is 0 Å². The van der Waals surface area contributed by atoms with Gasteiger partial charge in [0.2, 0.25) is 0 Å². The zero-order chi connectivity index (χ0) is 11.4. The minimum atomic E-state index is 0.267. The monoisotopic (exact) mass is 214 g/mol. The quantitative estimate of drug-likeness (QED) is 0.751. The van der Waals surface area contributed by atoms with Crippen LogP contribution in [0.3, 0.4) is 0 Å². The van der Waals surface area contributed by atoms with Crippen LogP contribution in [0.15, 0.2) is 30.8 Å². The highest BCUT2D eigenvalue weighted by molar-refractivity contribution is 5.81. The van der Waals surface area contributed by atoms with Gasteiger partial charge < -0.3 is 0 Å². The van der Waals surface area contributed by atoms with Gasteiger partial charge in [0, 0.05) is 12.3 Å². The summed E-state index contributed by atoms with van der Waals surface area (Å²) in [5.74, 6) is 0.724. The molecular weight excluding hydrogens is 196 g/mol. The number of rotatable bonds is 3. The lowest BCUT2D eigenvalue weighted by Crippen LogP contribution is -2.20. The van der Waals surface area contributed by atoms with E-state index < -0.39 is 0 Å². The Balaban J connectivity index is 2.02. The van der Waals surface area contributed by atoms with Crippen LogP contribution in [0.5, 0.6) is 0 Å². The average molecular weight is 214 g/mol. The molecule has 0 heterocycles. The van der Waals surface area contributed by atoms with E-state index in [1.165, 1.54) is 12.0 Å². The fourth-order valence-corrected chi connectivity index (χ4v) is 2.35. The molecule has 1 heteroatoms. The van der Waals surface area contributed by atoms with Gasteiger partial charge in [0.1, 0.15) is 5.78 Å². The maximum Gasteiger partial charge on any atom is 0.136 e. The standard InChI is InChI=1S/C15H18O/c1-2-12-7-9-13(10-8-12)11-14-5-3-4-6-15(14)16/h2,7-10,14H,1,3-6,11H2. The van der Waals surface area contributed by atoms with Gasteiger partial charge in [-0.2, -0.15) is 0 Å². The topological polar surface area (TPSA) is 17.1 Å². The molecule has 0 amide bonds. The number of benzene rings is 1. The van der Waals surface area contributed by atoms with Crippen molar-refractivity contribution in [3.05, 3.63) is 42.0 Å². The van der Waals surface area contributed by atoms with Gasteiger partial charge >= 0.3 is 0 Å². The van der Waals surface area contributed by atoms with Gasteiger partial charge in [-0.1, -0.05) is 43.3 Å². The van der Waals surface area contributed by atoms with E-state index in [0.29, 0.717) is 5.78 Å². The van der Waals surface area contributed by atoms with Crippen LogP contribution in [0.2, 0.25) is 0 Å². The number of ketones is 1. The molecule has 1 aromatic carbocycles. The Morgan fingerprint density at radius 2 is 2.00 bits per heavy atom. The first-order chi connectivity index (χ1) is 7.79. The fourth-order valence-electron chi connectivity index (χ4n) is 2.35. The molecule has 0 N–H and O–H groups in total. The molecule has 1 aromatic rings. The van der Waals surface area contributed by atoms with E-state index in [-0.39, 0.29) is 5.92 Å². The molecule has 1 aliphatic carbocycles. The predicted molar refractivity (Wildman–Crippen MR) is 67.2 cm³/mol. The van der Waals surface area contributed by atoms with Crippen LogP contribution >= 0.6 is 0 Å². The van der Waals surface area contributed by atoms with Crippen molar-refractivity contribution in [3.63, 3.8) is 0 Å². The Kier molecular flexibility index (Phi) is 3.55. The van der Waals surface area contributed by atoms with Gasteiger partial charge in [0.25, 0.3) is 0 Å². The van der Waals surface area contributed by atoms with Crippen LogP contribution in [-0.4, -0.2) is 5.78 Å². The zero-order valence-corrected chi connectivity index (χ0v) is 9.61. The van der Waals surface area contributed by atoms with Gasteiger partial charge in [-0.05, 0) is 30.4 Å². The van der Waals surface area contributed by atoms with Crippen LogP contribution in [0.4, 0.5) is 0 Å². The van der Waals surface area contributed by atoms with Crippen LogP contribution in [0, 0.1) is 5.92 Å². The van der Waals surface area contributed by atoms with Crippen molar-refractivity contribution in [3.8, 4) is 0 Å². The minimum absolute atomic E-state index is 0.267. The van der Waals surface area contributed by atoms with E-state index in [4.69, 9.17) is 0 Å². The lowest BCUT2D eigenvalue weighted by molar-refractivity contribution is -0.124. The van der Waals surface area contributed by atoms with Crippen LogP contribution < -0.4 is 0 Å². The molecule has 1 aliphatic rings. The highest BCUT2D eigenvalue weighted by Gasteiger charge is 2.21. The molecule has 0 radical (unpaired) electrons. The highest BCUT2D eigenvalue weighted by Crippen LogP contribution is 2.24. The summed E-state index contributed by atoms with van der Waals surface area (Å²) in [4.78, 5) is 11.7. The number of carbonyl (C=O) groups excluding carboxylic acids is 1. The maximum atomic E-state index is 11.7. The number of hydrogen-bond donors (Lipinski definition) is 0. The number of carbonyl (C=O) groups is 1. The molecule has 1 nitrogen and oxygen atoms in total. The Bertz CT molecular complexity index is 375. The van der Waals surface area contributed by atoms with Crippen molar-refractivity contribution >= 4 is 11.9 Å². The predicted octanol–water partition coefficient (Wildman–Crippen LogP) is 3.63. The Morgan fingerprint density at radius 3 is 2.62 bits per heavy atom. The van der Waals surface area contributed by atoms with Crippen molar-refractivity contribution in [1.29, 1.82) is 0 Å². The molecule has 1 atom stereocenters. The second-order valence-corrected chi connectivity index (χ2v) is 4.56. The molecule has 0 aromatic heterocycles. The van der Waals surface area contributed by atoms with E-state index in [2.05, 4.69) is 30.8 Å². The molecule has 16 heavy (non-hydrogen) atoms. The summed E-state index contributed by atoms with van der Waals surface area (Å²) in [5.41, 5.74) is 2.41. The van der Waals surface area contributed by atoms with E-state index in [1.807, 2.05) is 6.08 Å². The first-order valence-corrected chi connectivity index (χ1v) is 6.03. The summed E-state index contributed by atoms with van der Waals surface area (Å²) in [6, 6.07) is 8.35. The molecule has 0 aliphatic heterocycles. The molecular formula is C15H18O. The third-order valence-electron chi connectivity index (χ3n) is 3.38. The average Bonchev–Trinajstić information content (AvgIpc) is 2.33. The second kappa shape index (κ2) is 5.11. The molecule has 84 valence electrons. The lowest BCUT2D eigenvalue weighted by atomic mass is 9.83. The SMILES string of the molecule is C=Cc1ccc(CC2CCCCC2=O)cc1. The van der Waals surface area contributed by atoms with Crippen LogP contribution in [0.25, 0.3) is 6.08 Å². The van der Waals surface area contributed by atoms with Crippen LogP contribution in [-0.2, 0) is 11.2 Å². The second-order valence-electron chi connectivity index (χ2n) is 4.56. The summed E-state index contributed by atoms with van der Waals surface area (Å²) in [6.45, 7) is 3.73. The molecule has 1 fully saturated rings. The molecule has 1 unspecified atom stereocenters. The summed E-state index contributed by atoms with van der Waals surface area (Å²) in [5, 5.41) is 0. The van der Waals surface area contributed by atoms with Crippen molar-refractivity contribution in [2.75, 3.05) is 0 Å². The Morgan fingerprint density at radius 1 is 1.25 bits per heavy atom. The smallest absolute Gasteiger partial charge is 0.136 e. The molecule has 0 bridgehead atoms. The van der Waals surface area contributed by atoms with E-state index in [9.17, 15) is 4.79 Å². The zero-order valence-electron chi connectivity index (χ0n) is 9.61. The van der Waals surface area contributed by atoms with Gasteiger partial charge in [-0.25, -0.2) is 0 Å². The van der Waals surface area contributed by atoms with Crippen molar-refractivity contribution in [2.24, 2.45) is 5.92 Å². The number of Topliss-reactive ketones (excluding diaryl/α,β-unsaturated/α-hetero) is 1. The van der Waals surface area contributed by atoms with Gasteiger partial charge in [0.05, 0.1) is 0 Å². The first-order valence-electron chi connectivity index (χ1n) is 6.03. The summed E-state index contributed by atoms with van der Waals surface area (Å²) < 4.78 is 0. The third kappa shape index (κ3) is 2.60. The minimum Gasteiger partial charge on any atom is -0.299 e. The van der Waals surface area contributed by atoms with Gasteiger partial charge in [-0.3, -0.25) is 4.79 Å². The van der Waals surface area contributed by atoms with Crippen molar-refractivity contribution in [1.82, 2.24) is 0 Å². The van der Waals surface area contributed by atoms with E-state index in [1.54, 1.807) is 0 Å². The molecule has 0 spiro atoms. The Hall–Kier alpha value is -1.37. The molecule has 1 saturated carbocycles. The molecule has 0 saturated heterocycles. The molecule has 2 rings (SSSR count).